The number of rotatable bonds is 4. The number of hydrogen-bond acceptors (Lipinski definition) is 4. The highest BCUT2D eigenvalue weighted by molar-refractivity contribution is 5.53. The summed E-state index contributed by atoms with van der Waals surface area (Å²) in [5, 5.41) is 3.62. The van der Waals surface area contributed by atoms with Crippen LogP contribution in [0.5, 0.6) is 11.5 Å². The van der Waals surface area contributed by atoms with Crippen molar-refractivity contribution in [2.75, 3.05) is 39.8 Å². The molecule has 1 heterocycles. The average molecular weight is 312 g/mol. The minimum absolute atomic E-state index is 0.190. The van der Waals surface area contributed by atoms with Gasteiger partial charge in [-0.25, -0.2) is 0 Å². The largest absolute Gasteiger partial charge is 0.493 e. The Bertz CT molecular complexity index is 681. The minimum atomic E-state index is 0.190. The van der Waals surface area contributed by atoms with Crippen LogP contribution < -0.4 is 19.7 Å². The van der Waals surface area contributed by atoms with E-state index >= 15 is 0 Å². The van der Waals surface area contributed by atoms with Gasteiger partial charge in [0.2, 0.25) is 0 Å². The van der Waals surface area contributed by atoms with E-state index in [4.69, 9.17) is 9.47 Å². The molecule has 0 unspecified atom stereocenters. The molecule has 0 fully saturated rings. The molecule has 122 valence electrons. The molecular weight excluding hydrogens is 288 g/mol. The molecule has 2 aromatic rings. The van der Waals surface area contributed by atoms with Gasteiger partial charge in [-0.1, -0.05) is 12.1 Å². The van der Waals surface area contributed by atoms with E-state index in [9.17, 15) is 0 Å². The number of nitrogens with one attached hydrogen (secondary N) is 1. The Morgan fingerprint density at radius 1 is 1.00 bits per heavy atom. The topological polar surface area (TPSA) is 33.7 Å². The monoisotopic (exact) mass is 312 g/mol. The van der Waals surface area contributed by atoms with Crippen LogP contribution in [0, 0.1) is 0 Å². The molecule has 0 spiro atoms. The van der Waals surface area contributed by atoms with Crippen molar-refractivity contribution < 1.29 is 9.47 Å². The molecule has 2 aromatic carbocycles. The zero-order chi connectivity index (χ0) is 16.4. The van der Waals surface area contributed by atoms with Crippen LogP contribution >= 0.6 is 0 Å². The molecule has 1 atom stereocenters. The highest BCUT2D eigenvalue weighted by atomic mass is 16.5. The molecule has 23 heavy (non-hydrogen) atoms. The molecule has 1 aliphatic rings. The van der Waals surface area contributed by atoms with Crippen LogP contribution in [0.4, 0.5) is 5.69 Å². The number of methoxy groups -OCH3 is 2. The quantitative estimate of drug-likeness (QED) is 0.941. The third-order valence-corrected chi connectivity index (χ3v) is 4.44. The maximum atomic E-state index is 5.48. The van der Waals surface area contributed by atoms with E-state index < -0.39 is 0 Å². The van der Waals surface area contributed by atoms with Crippen LogP contribution in [0.1, 0.15) is 22.7 Å². The summed E-state index contributed by atoms with van der Waals surface area (Å²) in [5.41, 5.74) is 5.07. The third-order valence-electron chi connectivity index (χ3n) is 4.44. The summed E-state index contributed by atoms with van der Waals surface area (Å²) in [6.45, 7) is 0.961. The lowest BCUT2D eigenvalue weighted by Gasteiger charge is -2.29. The second-order valence-electron chi connectivity index (χ2n) is 6.03. The van der Waals surface area contributed by atoms with Crippen molar-refractivity contribution in [2.24, 2.45) is 0 Å². The van der Waals surface area contributed by atoms with E-state index in [0.717, 1.165) is 24.5 Å². The van der Waals surface area contributed by atoms with Crippen molar-refractivity contribution in [3.8, 4) is 11.5 Å². The molecule has 0 bridgehead atoms. The SMILES string of the molecule is COc1cc2c(cc1OC)[C@H](c1ccc(N(C)C)cc1)NCC2. The average Bonchev–Trinajstić information content (AvgIpc) is 2.60. The van der Waals surface area contributed by atoms with Gasteiger partial charge in [-0.15, -0.1) is 0 Å². The number of hydrogen-bond donors (Lipinski definition) is 1. The van der Waals surface area contributed by atoms with Crippen LogP contribution in [0.25, 0.3) is 0 Å². The van der Waals surface area contributed by atoms with Crippen LogP contribution in [-0.4, -0.2) is 34.9 Å². The van der Waals surface area contributed by atoms with Crippen molar-refractivity contribution >= 4 is 5.69 Å². The maximum absolute atomic E-state index is 5.48. The summed E-state index contributed by atoms with van der Waals surface area (Å²) in [7, 11) is 7.48. The zero-order valence-electron chi connectivity index (χ0n) is 14.2. The molecule has 0 aromatic heterocycles. The lowest BCUT2D eigenvalue weighted by molar-refractivity contribution is 0.353. The van der Waals surface area contributed by atoms with E-state index in [1.165, 1.54) is 22.4 Å². The Morgan fingerprint density at radius 2 is 1.65 bits per heavy atom. The Hall–Kier alpha value is -2.20. The van der Waals surface area contributed by atoms with Gasteiger partial charge in [0.05, 0.1) is 20.3 Å². The van der Waals surface area contributed by atoms with Gasteiger partial charge < -0.3 is 19.7 Å². The first-order chi connectivity index (χ1) is 11.1. The first kappa shape index (κ1) is 15.7. The van der Waals surface area contributed by atoms with Gasteiger partial charge in [-0.2, -0.15) is 0 Å². The molecule has 0 radical (unpaired) electrons. The highest BCUT2D eigenvalue weighted by Crippen LogP contribution is 2.37. The third kappa shape index (κ3) is 2.99. The second-order valence-corrected chi connectivity index (χ2v) is 6.03. The van der Waals surface area contributed by atoms with Crippen LogP contribution in [0.3, 0.4) is 0 Å². The van der Waals surface area contributed by atoms with E-state index in [1.54, 1.807) is 14.2 Å². The lowest BCUT2D eigenvalue weighted by Crippen LogP contribution is -2.30. The van der Waals surface area contributed by atoms with Gasteiger partial charge in [0.25, 0.3) is 0 Å². The first-order valence-electron chi connectivity index (χ1n) is 7.89. The number of anilines is 1. The van der Waals surface area contributed by atoms with Gasteiger partial charge in [0.1, 0.15) is 0 Å². The van der Waals surface area contributed by atoms with Crippen molar-refractivity contribution in [2.45, 2.75) is 12.5 Å². The summed E-state index contributed by atoms with van der Waals surface area (Å²) in [5.74, 6) is 1.58. The van der Waals surface area contributed by atoms with E-state index in [1.807, 2.05) is 0 Å². The normalized spacial score (nSPS) is 16.6. The Kier molecular flexibility index (Phi) is 4.44. The second kappa shape index (κ2) is 6.50. The summed E-state index contributed by atoms with van der Waals surface area (Å²) >= 11 is 0. The Morgan fingerprint density at radius 3 is 2.26 bits per heavy atom. The first-order valence-corrected chi connectivity index (χ1v) is 7.89. The van der Waals surface area contributed by atoms with E-state index in [2.05, 4.69) is 60.7 Å². The van der Waals surface area contributed by atoms with Crippen molar-refractivity contribution in [1.82, 2.24) is 5.32 Å². The molecule has 0 saturated heterocycles. The number of nitrogens with zero attached hydrogens (tertiary/aromatic N) is 1. The predicted octanol–water partition coefficient (Wildman–Crippen LogP) is 3.00. The van der Waals surface area contributed by atoms with Crippen molar-refractivity contribution in [1.29, 1.82) is 0 Å². The van der Waals surface area contributed by atoms with Gasteiger partial charge >= 0.3 is 0 Å². The molecule has 0 amide bonds. The van der Waals surface area contributed by atoms with Gasteiger partial charge in [-0.05, 0) is 47.4 Å². The summed E-state index contributed by atoms with van der Waals surface area (Å²) in [6, 6.07) is 13.1. The van der Waals surface area contributed by atoms with Gasteiger partial charge in [0, 0.05) is 26.3 Å². The fourth-order valence-corrected chi connectivity index (χ4v) is 3.15. The Balaban J connectivity index is 2.00. The molecule has 1 N–H and O–H groups in total. The standard InChI is InChI=1S/C19H24N2O2/c1-21(2)15-7-5-13(6-8-15)19-16-12-18(23-4)17(22-3)11-14(16)9-10-20-19/h5-8,11-12,19-20H,9-10H2,1-4H3/t19-/m0/s1. The molecule has 3 rings (SSSR count). The van der Waals surface area contributed by atoms with E-state index in [0.29, 0.717) is 0 Å². The Labute approximate surface area is 138 Å². The van der Waals surface area contributed by atoms with Gasteiger partial charge in [0.15, 0.2) is 11.5 Å². The molecule has 1 aliphatic heterocycles. The fraction of sp³-hybridized carbons (Fsp3) is 0.368. The van der Waals surface area contributed by atoms with E-state index in [-0.39, 0.29) is 6.04 Å². The smallest absolute Gasteiger partial charge is 0.161 e. The lowest BCUT2D eigenvalue weighted by atomic mass is 9.89. The van der Waals surface area contributed by atoms with Crippen LogP contribution in [0.15, 0.2) is 36.4 Å². The maximum Gasteiger partial charge on any atom is 0.161 e. The van der Waals surface area contributed by atoms with Crippen LogP contribution in [0.2, 0.25) is 0 Å². The predicted molar refractivity (Wildman–Crippen MR) is 93.9 cm³/mol. The zero-order valence-corrected chi connectivity index (χ0v) is 14.2. The molecule has 4 heteroatoms. The van der Waals surface area contributed by atoms with Crippen LogP contribution in [-0.2, 0) is 6.42 Å². The summed E-state index contributed by atoms with van der Waals surface area (Å²) in [6.07, 6.45) is 1.00. The highest BCUT2D eigenvalue weighted by Gasteiger charge is 2.23. The fourth-order valence-electron chi connectivity index (χ4n) is 3.15. The number of fused-ring (bicyclic) bond motifs is 1. The van der Waals surface area contributed by atoms with Gasteiger partial charge in [-0.3, -0.25) is 0 Å². The molecule has 4 nitrogen and oxygen atoms in total. The van der Waals surface area contributed by atoms with Crippen molar-refractivity contribution in [3.63, 3.8) is 0 Å². The minimum Gasteiger partial charge on any atom is -0.493 e. The van der Waals surface area contributed by atoms with Crippen molar-refractivity contribution in [3.05, 3.63) is 53.1 Å². The molecular formula is C19H24N2O2. The summed E-state index contributed by atoms with van der Waals surface area (Å²) in [4.78, 5) is 2.11. The molecule has 0 saturated carbocycles. The molecule has 0 aliphatic carbocycles. The number of ether oxygens (including phenoxy) is 2. The number of benzene rings is 2. The summed E-state index contributed by atoms with van der Waals surface area (Å²) < 4.78 is 10.9.